The van der Waals surface area contributed by atoms with Crippen LogP contribution in [0.3, 0.4) is 0 Å². The second-order valence-electron chi connectivity index (χ2n) is 7.42. The van der Waals surface area contributed by atoms with Gasteiger partial charge in [-0.2, -0.15) is 0 Å². The second-order valence-corrected chi connectivity index (χ2v) is 12.4. The predicted molar refractivity (Wildman–Crippen MR) is 86.3 cm³/mol. The number of ether oxygens (including phenoxy) is 1. The third-order valence-electron chi connectivity index (χ3n) is 4.71. The van der Waals surface area contributed by atoms with E-state index >= 15 is 0 Å². The van der Waals surface area contributed by atoms with Crippen molar-refractivity contribution in [3.8, 4) is 0 Å². The minimum Gasteiger partial charge on any atom is -0.465 e. The molecule has 0 aliphatic heterocycles. The summed E-state index contributed by atoms with van der Waals surface area (Å²) in [5.41, 5.74) is 3.98. The molecule has 2 aliphatic rings. The number of esters is 1. The van der Waals surface area contributed by atoms with Crippen molar-refractivity contribution in [2.75, 3.05) is 6.61 Å². The summed E-state index contributed by atoms with van der Waals surface area (Å²) in [5.74, 6) is 0.0273. The van der Waals surface area contributed by atoms with Crippen molar-refractivity contribution in [3.05, 3.63) is 21.9 Å². The van der Waals surface area contributed by atoms with E-state index in [0.717, 1.165) is 25.7 Å². The highest BCUT2D eigenvalue weighted by Gasteiger charge is 2.54. The van der Waals surface area contributed by atoms with Gasteiger partial charge in [0.15, 0.2) is 0 Å². The molecular formula is C17H28O2Si. The van der Waals surface area contributed by atoms with Crippen LogP contribution in [0.2, 0.25) is 19.6 Å². The predicted octanol–water partition coefficient (Wildman–Crippen LogP) is 4.63. The summed E-state index contributed by atoms with van der Waals surface area (Å²) < 4.78 is 5.44. The second kappa shape index (κ2) is 5.17. The lowest BCUT2D eigenvalue weighted by Crippen LogP contribution is -2.30. The average Bonchev–Trinajstić information content (AvgIpc) is 2.82. The van der Waals surface area contributed by atoms with Crippen molar-refractivity contribution in [1.29, 1.82) is 0 Å². The Morgan fingerprint density at radius 2 is 1.95 bits per heavy atom. The minimum absolute atomic E-state index is 0.0273. The molecule has 0 heterocycles. The number of carbonyl (C=O) groups is 1. The molecule has 1 unspecified atom stereocenters. The Hall–Kier alpha value is -0.833. The molecule has 20 heavy (non-hydrogen) atoms. The highest BCUT2D eigenvalue weighted by Crippen LogP contribution is 2.58. The molecule has 2 rings (SSSR count). The van der Waals surface area contributed by atoms with Gasteiger partial charge in [0.1, 0.15) is 0 Å². The lowest BCUT2D eigenvalue weighted by Gasteiger charge is -2.24. The minimum atomic E-state index is -1.44. The van der Waals surface area contributed by atoms with Gasteiger partial charge >= 0.3 is 5.97 Å². The maximum Gasteiger partial charge on any atom is 0.316 e. The SMILES string of the molecule is CCOC(=O)C12CCCC1=C([Si](C)(C)C)C(=C(C)C)C2. The molecule has 0 amide bonds. The van der Waals surface area contributed by atoms with Crippen LogP contribution in [0.5, 0.6) is 0 Å². The summed E-state index contributed by atoms with van der Waals surface area (Å²) in [7, 11) is -1.44. The maximum atomic E-state index is 12.6. The fourth-order valence-corrected chi connectivity index (χ4v) is 6.50. The first-order valence-electron chi connectivity index (χ1n) is 7.82. The van der Waals surface area contributed by atoms with E-state index in [2.05, 4.69) is 33.5 Å². The zero-order valence-electron chi connectivity index (χ0n) is 13.9. The van der Waals surface area contributed by atoms with Gasteiger partial charge in [0.25, 0.3) is 0 Å². The van der Waals surface area contributed by atoms with Crippen molar-refractivity contribution in [2.24, 2.45) is 5.41 Å². The zero-order chi connectivity index (χ0) is 15.1. The van der Waals surface area contributed by atoms with Crippen LogP contribution >= 0.6 is 0 Å². The monoisotopic (exact) mass is 292 g/mol. The van der Waals surface area contributed by atoms with E-state index in [0.29, 0.717) is 6.61 Å². The lowest BCUT2D eigenvalue weighted by atomic mass is 9.82. The third kappa shape index (κ3) is 2.30. The summed E-state index contributed by atoms with van der Waals surface area (Å²) in [6.45, 7) is 14.0. The summed E-state index contributed by atoms with van der Waals surface area (Å²) in [6.07, 6.45) is 4.10. The topological polar surface area (TPSA) is 26.3 Å². The van der Waals surface area contributed by atoms with Gasteiger partial charge in [0.2, 0.25) is 0 Å². The van der Waals surface area contributed by atoms with Crippen LogP contribution in [0, 0.1) is 5.41 Å². The van der Waals surface area contributed by atoms with Gasteiger partial charge in [-0.1, -0.05) is 36.0 Å². The van der Waals surface area contributed by atoms with Crippen molar-refractivity contribution in [2.45, 2.75) is 66.1 Å². The molecule has 112 valence electrons. The largest absolute Gasteiger partial charge is 0.465 e. The summed E-state index contributed by atoms with van der Waals surface area (Å²) in [5, 5.41) is 1.57. The quantitative estimate of drug-likeness (QED) is 0.560. The summed E-state index contributed by atoms with van der Waals surface area (Å²) in [6, 6.07) is 0. The van der Waals surface area contributed by atoms with E-state index in [1.54, 1.807) is 5.20 Å². The smallest absolute Gasteiger partial charge is 0.316 e. The highest BCUT2D eigenvalue weighted by atomic mass is 28.3. The van der Waals surface area contributed by atoms with E-state index in [1.165, 1.54) is 16.7 Å². The van der Waals surface area contributed by atoms with Gasteiger partial charge in [-0.25, -0.2) is 0 Å². The van der Waals surface area contributed by atoms with E-state index in [4.69, 9.17) is 4.74 Å². The van der Waals surface area contributed by atoms with Gasteiger partial charge in [0, 0.05) is 0 Å². The van der Waals surface area contributed by atoms with Crippen LogP contribution in [0.25, 0.3) is 0 Å². The Bertz CT molecular complexity index is 490. The first kappa shape index (κ1) is 15.6. The molecule has 1 fully saturated rings. The fourth-order valence-electron chi connectivity index (χ4n) is 3.99. The molecule has 0 saturated heterocycles. The molecule has 0 aromatic rings. The molecule has 1 atom stereocenters. The van der Waals surface area contributed by atoms with Crippen molar-refractivity contribution in [1.82, 2.24) is 0 Å². The molecule has 0 spiro atoms. The van der Waals surface area contributed by atoms with Crippen molar-refractivity contribution >= 4 is 14.0 Å². The molecule has 3 heteroatoms. The molecule has 0 N–H and O–H groups in total. The van der Waals surface area contributed by atoms with Gasteiger partial charge < -0.3 is 4.74 Å². The van der Waals surface area contributed by atoms with Gasteiger partial charge in [-0.3, -0.25) is 4.79 Å². The number of hydrogen-bond acceptors (Lipinski definition) is 2. The highest BCUT2D eigenvalue weighted by molar-refractivity contribution is 6.84. The Balaban J connectivity index is 2.60. The van der Waals surface area contributed by atoms with Gasteiger partial charge in [-0.05, 0) is 52.0 Å². The van der Waals surface area contributed by atoms with Gasteiger partial charge in [0.05, 0.1) is 20.1 Å². The van der Waals surface area contributed by atoms with Crippen LogP contribution in [0.4, 0.5) is 0 Å². The molecule has 0 aromatic heterocycles. The lowest BCUT2D eigenvalue weighted by molar-refractivity contribution is -0.152. The van der Waals surface area contributed by atoms with Crippen molar-refractivity contribution in [3.63, 3.8) is 0 Å². The van der Waals surface area contributed by atoms with Crippen LogP contribution in [0.1, 0.15) is 46.5 Å². The van der Waals surface area contributed by atoms with Crippen LogP contribution < -0.4 is 0 Å². The van der Waals surface area contributed by atoms with Crippen LogP contribution in [-0.4, -0.2) is 20.7 Å². The summed E-state index contributed by atoms with van der Waals surface area (Å²) >= 11 is 0. The first-order valence-corrected chi connectivity index (χ1v) is 11.3. The molecule has 0 bridgehead atoms. The van der Waals surface area contributed by atoms with E-state index in [-0.39, 0.29) is 11.4 Å². The number of allylic oxidation sites excluding steroid dienone is 3. The fraction of sp³-hybridized carbons (Fsp3) is 0.706. The number of carbonyl (C=O) groups excluding carboxylic acids is 1. The van der Waals surface area contributed by atoms with E-state index < -0.39 is 8.07 Å². The molecule has 0 aromatic carbocycles. The number of hydrogen-bond donors (Lipinski definition) is 0. The molecule has 2 nitrogen and oxygen atoms in total. The maximum absolute atomic E-state index is 12.6. The third-order valence-corrected chi connectivity index (χ3v) is 6.81. The van der Waals surface area contributed by atoms with Crippen LogP contribution in [-0.2, 0) is 9.53 Å². The Labute approximate surface area is 124 Å². The number of rotatable bonds is 3. The van der Waals surface area contributed by atoms with E-state index in [1.807, 2.05) is 6.92 Å². The molecule has 1 saturated carbocycles. The van der Waals surface area contributed by atoms with Crippen molar-refractivity contribution < 1.29 is 9.53 Å². The Morgan fingerprint density at radius 3 is 2.45 bits per heavy atom. The summed E-state index contributed by atoms with van der Waals surface area (Å²) in [4.78, 5) is 12.6. The Morgan fingerprint density at radius 1 is 1.30 bits per heavy atom. The zero-order valence-corrected chi connectivity index (χ0v) is 14.9. The molecular weight excluding hydrogens is 264 g/mol. The van der Waals surface area contributed by atoms with Gasteiger partial charge in [-0.15, -0.1) is 0 Å². The Kier molecular flexibility index (Phi) is 4.02. The standard InChI is InChI=1S/C17H28O2Si/c1-7-19-16(18)17-10-8-9-14(17)15(20(4,5)6)13(11-17)12(2)3/h7-11H2,1-6H3. The van der Waals surface area contributed by atoms with E-state index in [9.17, 15) is 4.79 Å². The molecule has 2 aliphatic carbocycles. The normalized spacial score (nSPS) is 26.0. The average molecular weight is 292 g/mol. The molecule has 0 radical (unpaired) electrons. The van der Waals surface area contributed by atoms with Crippen LogP contribution in [0.15, 0.2) is 21.9 Å². The number of fused-ring (bicyclic) bond motifs is 1. The first-order chi connectivity index (χ1) is 9.24.